The molecule has 4 heteroatoms. The highest BCUT2D eigenvalue weighted by Gasteiger charge is 2.27. The molecule has 0 saturated heterocycles. The van der Waals surface area contributed by atoms with Gasteiger partial charge in [-0.2, -0.15) is 21.0 Å². The topological polar surface area (TPSA) is 95.2 Å². The van der Waals surface area contributed by atoms with Crippen LogP contribution in [0.15, 0.2) is 12.1 Å². The van der Waals surface area contributed by atoms with E-state index in [1.165, 1.54) is 138 Å². The Labute approximate surface area is 319 Å². The van der Waals surface area contributed by atoms with Gasteiger partial charge in [0.15, 0.2) is 0 Å². The molecule has 0 unspecified atom stereocenters. The minimum Gasteiger partial charge on any atom is -0.192 e. The molecule has 52 heavy (non-hydrogen) atoms. The van der Waals surface area contributed by atoms with Crippen LogP contribution in [0, 0.1) is 45.3 Å². The summed E-state index contributed by atoms with van der Waals surface area (Å²) in [4.78, 5) is 0. The Morgan fingerprint density at radius 2 is 0.692 bits per heavy atom. The van der Waals surface area contributed by atoms with Crippen molar-refractivity contribution in [1.29, 1.82) is 21.0 Å². The predicted octanol–water partition coefficient (Wildman–Crippen LogP) is 14.5. The van der Waals surface area contributed by atoms with E-state index in [2.05, 4.69) is 52.0 Å². The zero-order chi connectivity index (χ0) is 37.8. The van der Waals surface area contributed by atoms with Crippen LogP contribution in [0.3, 0.4) is 0 Å². The van der Waals surface area contributed by atoms with Crippen LogP contribution in [-0.2, 0) is 25.7 Å². The third-order valence-corrected chi connectivity index (χ3v) is 11.0. The van der Waals surface area contributed by atoms with Crippen molar-refractivity contribution in [2.24, 2.45) is 0 Å². The number of nitriles is 4. The van der Waals surface area contributed by atoms with Crippen LogP contribution in [0.4, 0.5) is 0 Å². The minimum atomic E-state index is 0.128. The molecule has 0 atom stereocenters. The van der Waals surface area contributed by atoms with Gasteiger partial charge in [0.2, 0.25) is 0 Å². The molecule has 2 aromatic rings. The fraction of sp³-hybridized carbons (Fsp3) is 0.667. The highest BCUT2D eigenvalue weighted by atomic mass is 14.4. The highest BCUT2D eigenvalue weighted by Crippen LogP contribution is 2.41. The molecule has 0 spiro atoms. The molecular formula is C48H70N4. The minimum absolute atomic E-state index is 0.128. The molecule has 0 saturated carbocycles. The molecule has 2 rings (SSSR count). The summed E-state index contributed by atoms with van der Waals surface area (Å²) in [6.45, 7) is 9.04. The SMILES string of the molecule is CCCCCCCCc1c(C#N)c(-c2ccc(C#N)c(C#N)c2C#N)c(CCCCCCCC)c(CCCCCCCC)c1CCCCCCCC. The van der Waals surface area contributed by atoms with Gasteiger partial charge in [-0.3, -0.25) is 0 Å². The van der Waals surface area contributed by atoms with Gasteiger partial charge in [-0.15, -0.1) is 0 Å². The van der Waals surface area contributed by atoms with Crippen LogP contribution >= 0.6 is 0 Å². The van der Waals surface area contributed by atoms with Crippen molar-refractivity contribution in [2.75, 3.05) is 0 Å². The summed E-state index contributed by atoms with van der Waals surface area (Å²) in [5, 5.41) is 41.7. The van der Waals surface area contributed by atoms with Crippen molar-refractivity contribution < 1.29 is 0 Å². The van der Waals surface area contributed by atoms with Crippen molar-refractivity contribution in [3.8, 4) is 35.4 Å². The van der Waals surface area contributed by atoms with Crippen molar-refractivity contribution in [3.05, 3.63) is 56.6 Å². The third kappa shape index (κ3) is 14.4. The molecule has 0 aromatic heterocycles. The van der Waals surface area contributed by atoms with E-state index in [0.717, 1.165) is 69.8 Å². The summed E-state index contributed by atoms with van der Waals surface area (Å²) in [6.07, 6.45) is 32.8. The molecule has 0 aliphatic heterocycles. The van der Waals surface area contributed by atoms with Crippen molar-refractivity contribution in [1.82, 2.24) is 0 Å². The van der Waals surface area contributed by atoms with Crippen LogP contribution in [0.2, 0.25) is 0 Å². The van der Waals surface area contributed by atoms with E-state index in [-0.39, 0.29) is 16.7 Å². The van der Waals surface area contributed by atoms with Crippen LogP contribution in [0.5, 0.6) is 0 Å². The summed E-state index contributed by atoms with van der Waals surface area (Å²) in [5.41, 5.74) is 8.12. The first-order chi connectivity index (χ1) is 25.6. The second-order valence-corrected chi connectivity index (χ2v) is 15.1. The maximum atomic E-state index is 11.1. The number of benzene rings is 2. The van der Waals surface area contributed by atoms with E-state index < -0.39 is 0 Å². The van der Waals surface area contributed by atoms with Crippen LogP contribution < -0.4 is 0 Å². The third-order valence-electron chi connectivity index (χ3n) is 11.0. The molecule has 0 N–H and O–H groups in total. The molecule has 2 aromatic carbocycles. The Morgan fingerprint density at radius 1 is 0.346 bits per heavy atom. The van der Waals surface area contributed by atoms with E-state index in [4.69, 9.17) is 0 Å². The fourth-order valence-electron chi connectivity index (χ4n) is 8.01. The first kappa shape index (κ1) is 44.6. The first-order valence-electron chi connectivity index (χ1n) is 21.5. The quantitative estimate of drug-likeness (QED) is 0.0788. The standard InChI is InChI=1S/C48H70N4/c1-5-9-13-17-21-25-29-40-41(30-26-22-18-14-10-6-2)43(32-28-24-20-16-12-8-4)48(44-34-33-39(35-49)45(36-50)46(44)37-51)47(38-52)42(40)31-27-23-19-15-11-7-3/h33-34H,5-32H2,1-4H3. The van der Waals surface area contributed by atoms with Gasteiger partial charge < -0.3 is 0 Å². The van der Waals surface area contributed by atoms with E-state index in [1.807, 2.05) is 6.07 Å². The first-order valence-corrected chi connectivity index (χ1v) is 21.5. The normalized spacial score (nSPS) is 10.8. The molecule has 0 radical (unpaired) electrons. The smallest absolute Gasteiger partial charge is 0.102 e. The lowest BCUT2D eigenvalue weighted by Gasteiger charge is -2.26. The van der Waals surface area contributed by atoms with Gasteiger partial charge in [0, 0.05) is 11.1 Å². The van der Waals surface area contributed by atoms with Gasteiger partial charge in [0.05, 0.1) is 22.3 Å². The lowest BCUT2D eigenvalue weighted by Crippen LogP contribution is -2.13. The molecule has 0 amide bonds. The number of rotatable bonds is 29. The second-order valence-electron chi connectivity index (χ2n) is 15.1. The molecular weight excluding hydrogens is 633 g/mol. The number of nitrogens with zero attached hydrogens (tertiary/aromatic N) is 4. The van der Waals surface area contributed by atoms with Crippen molar-refractivity contribution >= 4 is 0 Å². The molecule has 0 aliphatic rings. The predicted molar refractivity (Wildman–Crippen MR) is 219 cm³/mol. The monoisotopic (exact) mass is 703 g/mol. The van der Waals surface area contributed by atoms with E-state index in [9.17, 15) is 21.0 Å². The second kappa shape index (κ2) is 28.0. The van der Waals surface area contributed by atoms with Gasteiger partial charge in [0.25, 0.3) is 0 Å². The van der Waals surface area contributed by atoms with Gasteiger partial charge >= 0.3 is 0 Å². The maximum Gasteiger partial charge on any atom is 0.102 e. The molecule has 0 heterocycles. The summed E-state index contributed by atoms with van der Waals surface area (Å²) >= 11 is 0. The number of hydrogen-bond donors (Lipinski definition) is 0. The maximum absolute atomic E-state index is 11.1. The Balaban J connectivity index is 2.87. The zero-order valence-electron chi connectivity index (χ0n) is 33.7. The van der Waals surface area contributed by atoms with Gasteiger partial charge in [-0.05, 0) is 79.7 Å². The molecule has 4 nitrogen and oxygen atoms in total. The summed E-state index contributed by atoms with van der Waals surface area (Å²) < 4.78 is 0. The number of hydrogen-bond acceptors (Lipinski definition) is 4. The Bertz CT molecular complexity index is 1490. The Kier molecular flexibility index (Phi) is 24.0. The Hall–Kier alpha value is -3.60. The average molecular weight is 703 g/mol. The van der Waals surface area contributed by atoms with E-state index in [1.54, 1.807) is 6.07 Å². The van der Waals surface area contributed by atoms with Gasteiger partial charge in [-0.1, -0.05) is 162 Å². The summed E-state index contributed by atoms with van der Waals surface area (Å²) in [5.74, 6) is 0. The van der Waals surface area contributed by atoms with Gasteiger partial charge in [0.1, 0.15) is 24.3 Å². The fourth-order valence-corrected chi connectivity index (χ4v) is 8.01. The van der Waals surface area contributed by atoms with E-state index >= 15 is 0 Å². The van der Waals surface area contributed by atoms with Crippen molar-refractivity contribution in [3.63, 3.8) is 0 Å². The number of unbranched alkanes of at least 4 members (excludes halogenated alkanes) is 20. The molecule has 0 aliphatic carbocycles. The van der Waals surface area contributed by atoms with E-state index in [0.29, 0.717) is 11.1 Å². The van der Waals surface area contributed by atoms with Crippen molar-refractivity contribution in [2.45, 2.75) is 207 Å². The molecule has 0 bridgehead atoms. The van der Waals surface area contributed by atoms with Crippen LogP contribution in [0.25, 0.3) is 11.1 Å². The lowest BCUT2D eigenvalue weighted by molar-refractivity contribution is 0.588. The molecule has 282 valence electrons. The van der Waals surface area contributed by atoms with Gasteiger partial charge in [-0.25, -0.2) is 0 Å². The lowest BCUT2D eigenvalue weighted by atomic mass is 9.76. The molecule has 0 fully saturated rings. The summed E-state index contributed by atoms with van der Waals surface area (Å²) in [7, 11) is 0. The average Bonchev–Trinajstić information content (AvgIpc) is 3.16. The Morgan fingerprint density at radius 3 is 1.08 bits per heavy atom. The van der Waals surface area contributed by atoms with Crippen LogP contribution in [0.1, 0.15) is 226 Å². The summed E-state index contributed by atoms with van der Waals surface area (Å²) in [6, 6.07) is 12.9. The highest BCUT2D eigenvalue weighted by molar-refractivity contribution is 5.84. The van der Waals surface area contributed by atoms with Crippen LogP contribution in [-0.4, -0.2) is 0 Å². The largest absolute Gasteiger partial charge is 0.192 e. The zero-order valence-corrected chi connectivity index (χ0v) is 33.7.